The molecule has 1 aliphatic heterocycles. The van der Waals surface area contributed by atoms with Crippen molar-refractivity contribution in [3.8, 4) is 11.5 Å². The molecule has 8 nitrogen and oxygen atoms in total. The summed E-state index contributed by atoms with van der Waals surface area (Å²) < 4.78 is 39.2. The first-order chi connectivity index (χ1) is 15.9. The van der Waals surface area contributed by atoms with Crippen molar-refractivity contribution >= 4 is 54.4 Å². The summed E-state index contributed by atoms with van der Waals surface area (Å²) >= 11 is 2.76. The number of thiazole rings is 1. The van der Waals surface area contributed by atoms with Crippen LogP contribution in [-0.2, 0) is 14.8 Å². The van der Waals surface area contributed by atoms with Crippen molar-refractivity contribution in [1.29, 1.82) is 0 Å². The fraction of sp³-hybridized carbons (Fsp3) is 0.364. The third-order valence-corrected chi connectivity index (χ3v) is 9.45. The highest BCUT2D eigenvalue weighted by molar-refractivity contribution is 7.99. The van der Waals surface area contributed by atoms with Crippen LogP contribution in [0.2, 0.25) is 0 Å². The Morgan fingerprint density at radius 1 is 1.15 bits per heavy atom. The van der Waals surface area contributed by atoms with E-state index in [0.717, 1.165) is 9.60 Å². The van der Waals surface area contributed by atoms with E-state index in [2.05, 4.69) is 10.3 Å². The SMILES string of the molecule is COc1cc2nc(NC(=O)C3CCN(S(=O)(=O)c4ccccc4SC)CC3)sc2cc1OC. The van der Waals surface area contributed by atoms with Crippen LogP contribution in [0.5, 0.6) is 11.5 Å². The van der Waals surface area contributed by atoms with Gasteiger partial charge in [0.15, 0.2) is 16.6 Å². The summed E-state index contributed by atoms with van der Waals surface area (Å²) in [7, 11) is -0.467. The Balaban J connectivity index is 1.42. The molecule has 4 rings (SSSR count). The van der Waals surface area contributed by atoms with E-state index < -0.39 is 10.0 Å². The number of benzene rings is 2. The summed E-state index contributed by atoms with van der Waals surface area (Å²) in [6.07, 6.45) is 2.78. The molecule has 0 unspecified atom stereocenters. The zero-order chi connectivity index (χ0) is 23.6. The van der Waals surface area contributed by atoms with Gasteiger partial charge in [-0.15, -0.1) is 11.8 Å². The highest BCUT2D eigenvalue weighted by Crippen LogP contribution is 2.36. The number of carbonyl (C=O) groups is 1. The van der Waals surface area contributed by atoms with Crippen LogP contribution >= 0.6 is 23.1 Å². The minimum atomic E-state index is -3.60. The van der Waals surface area contributed by atoms with Crippen LogP contribution in [0.25, 0.3) is 10.2 Å². The third-order valence-electron chi connectivity index (χ3n) is 5.64. The molecule has 0 atom stereocenters. The van der Waals surface area contributed by atoms with E-state index in [1.165, 1.54) is 27.4 Å². The number of sulfonamides is 1. The largest absolute Gasteiger partial charge is 0.493 e. The Bertz CT molecular complexity index is 1230. The van der Waals surface area contributed by atoms with E-state index in [4.69, 9.17) is 9.47 Å². The number of hydrogen-bond donors (Lipinski definition) is 1. The van der Waals surface area contributed by atoms with E-state index in [9.17, 15) is 13.2 Å². The van der Waals surface area contributed by atoms with Crippen LogP contribution in [0.3, 0.4) is 0 Å². The zero-order valence-electron chi connectivity index (χ0n) is 18.5. The first-order valence-corrected chi connectivity index (χ1v) is 13.8. The number of nitrogens with one attached hydrogen (secondary N) is 1. The number of piperidine rings is 1. The van der Waals surface area contributed by atoms with Gasteiger partial charge in [0, 0.05) is 36.0 Å². The molecule has 0 saturated carbocycles. The molecule has 176 valence electrons. The normalized spacial score (nSPS) is 15.5. The first-order valence-electron chi connectivity index (χ1n) is 10.3. The minimum Gasteiger partial charge on any atom is -0.493 e. The van der Waals surface area contributed by atoms with E-state index in [1.807, 2.05) is 18.4 Å². The van der Waals surface area contributed by atoms with Crippen molar-refractivity contribution in [3.05, 3.63) is 36.4 Å². The van der Waals surface area contributed by atoms with Crippen LogP contribution in [0.15, 0.2) is 46.2 Å². The lowest BCUT2D eigenvalue weighted by Gasteiger charge is -2.30. The van der Waals surface area contributed by atoms with E-state index in [0.29, 0.717) is 53.0 Å². The van der Waals surface area contributed by atoms with E-state index in [-0.39, 0.29) is 11.8 Å². The second-order valence-corrected chi connectivity index (χ2v) is 11.3. The van der Waals surface area contributed by atoms with Gasteiger partial charge in [-0.05, 0) is 31.2 Å². The van der Waals surface area contributed by atoms with Gasteiger partial charge in [0.05, 0.1) is 29.3 Å². The molecular weight excluding hydrogens is 482 g/mol. The van der Waals surface area contributed by atoms with Gasteiger partial charge in [-0.2, -0.15) is 4.31 Å². The van der Waals surface area contributed by atoms with Gasteiger partial charge in [-0.3, -0.25) is 4.79 Å². The second kappa shape index (κ2) is 9.88. The van der Waals surface area contributed by atoms with Crippen molar-refractivity contribution < 1.29 is 22.7 Å². The van der Waals surface area contributed by atoms with Gasteiger partial charge in [0.25, 0.3) is 0 Å². The average Bonchev–Trinajstić information content (AvgIpc) is 3.23. The third kappa shape index (κ3) is 4.81. The predicted molar refractivity (Wildman–Crippen MR) is 131 cm³/mol. The molecule has 2 aromatic carbocycles. The Kier molecular flexibility index (Phi) is 7.13. The number of rotatable bonds is 7. The van der Waals surface area contributed by atoms with Crippen LogP contribution in [-0.4, -0.2) is 57.2 Å². The molecule has 1 fully saturated rings. The number of thioether (sulfide) groups is 1. The lowest BCUT2D eigenvalue weighted by Crippen LogP contribution is -2.41. The number of nitrogens with zero attached hydrogens (tertiary/aromatic N) is 2. The van der Waals surface area contributed by atoms with Crippen molar-refractivity contribution in [2.75, 3.05) is 38.9 Å². The maximum absolute atomic E-state index is 13.1. The van der Waals surface area contributed by atoms with Crippen molar-refractivity contribution in [2.45, 2.75) is 22.6 Å². The van der Waals surface area contributed by atoms with Gasteiger partial charge >= 0.3 is 0 Å². The smallest absolute Gasteiger partial charge is 0.244 e. The topological polar surface area (TPSA) is 97.8 Å². The van der Waals surface area contributed by atoms with Crippen LogP contribution in [0.4, 0.5) is 5.13 Å². The van der Waals surface area contributed by atoms with Crippen molar-refractivity contribution in [1.82, 2.24) is 9.29 Å². The summed E-state index contributed by atoms with van der Waals surface area (Å²) in [5.74, 6) is 0.755. The molecule has 11 heteroatoms. The fourth-order valence-electron chi connectivity index (χ4n) is 3.85. The van der Waals surface area contributed by atoms with Gasteiger partial charge < -0.3 is 14.8 Å². The summed E-state index contributed by atoms with van der Waals surface area (Å²) in [6, 6.07) is 10.6. The second-order valence-electron chi connectivity index (χ2n) is 7.51. The van der Waals surface area contributed by atoms with Crippen LogP contribution in [0, 0.1) is 5.92 Å². The monoisotopic (exact) mass is 507 g/mol. The van der Waals surface area contributed by atoms with Gasteiger partial charge in [-0.1, -0.05) is 23.5 Å². The number of methoxy groups -OCH3 is 2. The highest BCUT2D eigenvalue weighted by Gasteiger charge is 2.33. The number of ether oxygens (including phenoxy) is 2. The number of hydrogen-bond acceptors (Lipinski definition) is 8. The quantitative estimate of drug-likeness (QED) is 0.481. The number of fused-ring (bicyclic) bond motifs is 1. The molecule has 1 amide bonds. The standard InChI is InChI=1S/C22H25N3O5S3/c1-29-16-12-15-19(13-17(16)30-2)32-22(23-15)24-21(26)14-8-10-25(11-9-14)33(27,28)20-7-5-4-6-18(20)31-3/h4-7,12-14H,8-11H2,1-3H3,(H,23,24,26). The molecule has 33 heavy (non-hydrogen) atoms. The summed E-state index contributed by atoms with van der Waals surface area (Å²) in [5.41, 5.74) is 0.710. The van der Waals surface area contributed by atoms with Gasteiger partial charge in [-0.25, -0.2) is 13.4 Å². The molecule has 0 spiro atoms. The van der Waals surface area contributed by atoms with Crippen molar-refractivity contribution in [2.24, 2.45) is 5.92 Å². The zero-order valence-corrected chi connectivity index (χ0v) is 21.0. The number of carbonyl (C=O) groups excluding carboxylic acids is 1. The molecule has 1 aliphatic rings. The van der Waals surface area contributed by atoms with E-state index in [1.54, 1.807) is 38.5 Å². The number of anilines is 1. The summed E-state index contributed by atoms with van der Waals surface area (Å²) in [5, 5.41) is 3.39. The molecule has 0 radical (unpaired) electrons. The highest BCUT2D eigenvalue weighted by atomic mass is 32.2. The number of aromatic nitrogens is 1. The Morgan fingerprint density at radius 2 is 1.82 bits per heavy atom. The Morgan fingerprint density at radius 3 is 2.48 bits per heavy atom. The molecular formula is C22H25N3O5S3. The maximum atomic E-state index is 13.1. The predicted octanol–water partition coefficient (Wildman–Crippen LogP) is 4.07. The first kappa shape index (κ1) is 23.8. The minimum absolute atomic E-state index is 0.144. The van der Waals surface area contributed by atoms with Crippen molar-refractivity contribution in [3.63, 3.8) is 0 Å². The summed E-state index contributed by atoms with van der Waals surface area (Å²) in [6.45, 7) is 0.606. The molecule has 2 heterocycles. The average molecular weight is 508 g/mol. The molecule has 0 bridgehead atoms. The molecule has 1 saturated heterocycles. The molecule has 1 aromatic heterocycles. The maximum Gasteiger partial charge on any atom is 0.244 e. The van der Waals surface area contributed by atoms with Crippen LogP contribution in [0.1, 0.15) is 12.8 Å². The number of amides is 1. The molecule has 1 N–H and O–H groups in total. The lowest BCUT2D eigenvalue weighted by atomic mass is 9.97. The van der Waals surface area contributed by atoms with Crippen LogP contribution < -0.4 is 14.8 Å². The molecule has 3 aromatic rings. The fourth-order valence-corrected chi connectivity index (χ4v) is 7.32. The summed E-state index contributed by atoms with van der Waals surface area (Å²) in [4.78, 5) is 18.4. The molecule has 0 aliphatic carbocycles. The van der Waals surface area contributed by atoms with Gasteiger partial charge in [0.2, 0.25) is 15.9 Å². The lowest BCUT2D eigenvalue weighted by molar-refractivity contribution is -0.120. The van der Waals surface area contributed by atoms with E-state index >= 15 is 0 Å². The van der Waals surface area contributed by atoms with Gasteiger partial charge in [0.1, 0.15) is 0 Å². The Labute approximate surface area is 201 Å². The Hall–Kier alpha value is -2.34.